The van der Waals surface area contributed by atoms with Crippen LogP contribution in [-0.2, 0) is 14.3 Å². The van der Waals surface area contributed by atoms with Crippen LogP contribution in [0.4, 0.5) is 5.69 Å². The first-order valence-corrected chi connectivity index (χ1v) is 9.93. The summed E-state index contributed by atoms with van der Waals surface area (Å²) in [5.41, 5.74) is 3.20. The number of hydrogen-bond acceptors (Lipinski definition) is 5. The zero-order valence-electron chi connectivity index (χ0n) is 17.6. The van der Waals surface area contributed by atoms with E-state index >= 15 is 0 Å². The maximum absolute atomic E-state index is 12.1. The Morgan fingerprint density at radius 3 is 2.37 bits per heavy atom. The molecule has 0 radical (unpaired) electrons. The van der Waals surface area contributed by atoms with Gasteiger partial charge >= 0.3 is 5.97 Å². The van der Waals surface area contributed by atoms with Crippen molar-refractivity contribution in [1.29, 1.82) is 0 Å². The smallest absolute Gasteiger partial charge is 0.325 e. The van der Waals surface area contributed by atoms with E-state index in [0.717, 1.165) is 24.0 Å². The van der Waals surface area contributed by atoms with Crippen LogP contribution in [0.5, 0.6) is 5.75 Å². The monoisotopic (exact) mass is 412 g/mol. The molecule has 0 saturated carbocycles. The highest BCUT2D eigenvalue weighted by Gasteiger charge is 2.11. The number of ether oxygens (including phenoxy) is 2. The molecule has 0 saturated heterocycles. The summed E-state index contributed by atoms with van der Waals surface area (Å²) in [4.78, 5) is 35.8. The summed E-state index contributed by atoms with van der Waals surface area (Å²) < 4.78 is 10.4. The number of aryl methyl sites for hydroxylation is 2. The first-order valence-electron chi connectivity index (χ1n) is 9.93. The van der Waals surface area contributed by atoms with Gasteiger partial charge in [0, 0.05) is 11.3 Å². The van der Waals surface area contributed by atoms with Crippen molar-refractivity contribution in [2.24, 2.45) is 0 Å². The zero-order chi connectivity index (χ0) is 21.9. The van der Waals surface area contributed by atoms with E-state index in [1.807, 2.05) is 26.0 Å². The molecular weight excluding hydrogens is 384 g/mol. The fourth-order valence-corrected chi connectivity index (χ4v) is 2.50. The summed E-state index contributed by atoms with van der Waals surface area (Å²) in [6, 6.07) is 12.2. The van der Waals surface area contributed by atoms with Crippen molar-refractivity contribution in [3.05, 3.63) is 59.2 Å². The summed E-state index contributed by atoms with van der Waals surface area (Å²) in [6.45, 7) is 5.88. The second-order valence-corrected chi connectivity index (χ2v) is 6.92. The van der Waals surface area contributed by atoms with Crippen molar-refractivity contribution in [3.63, 3.8) is 0 Å². The van der Waals surface area contributed by atoms with Crippen LogP contribution in [-0.4, -0.2) is 37.5 Å². The first kappa shape index (κ1) is 22.9. The van der Waals surface area contributed by atoms with Crippen LogP contribution in [0.2, 0.25) is 0 Å². The quantitative estimate of drug-likeness (QED) is 0.461. The summed E-state index contributed by atoms with van der Waals surface area (Å²) in [5, 5.41) is 5.14. The Labute approximate surface area is 176 Å². The number of carbonyl (C=O) groups is 3. The van der Waals surface area contributed by atoms with Crippen molar-refractivity contribution in [2.45, 2.75) is 33.6 Å². The number of anilines is 1. The van der Waals surface area contributed by atoms with E-state index in [4.69, 9.17) is 9.47 Å². The highest BCUT2D eigenvalue weighted by Crippen LogP contribution is 2.14. The van der Waals surface area contributed by atoms with E-state index in [1.54, 1.807) is 30.3 Å². The lowest BCUT2D eigenvalue weighted by Gasteiger charge is -2.09. The molecule has 0 bridgehead atoms. The van der Waals surface area contributed by atoms with E-state index in [1.165, 1.54) is 0 Å². The van der Waals surface area contributed by atoms with Crippen molar-refractivity contribution < 1.29 is 23.9 Å². The van der Waals surface area contributed by atoms with Gasteiger partial charge in [0.1, 0.15) is 12.3 Å². The third kappa shape index (κ3) is 7.58. The second-order valence-electron chi connectivity index (χ2n) is 6.92. The molecule has 0 aliphatic rings. The van der Waals surface area contributed by atoms with Gasteiger partial charge in [0.2, 0.25) is 0 Å². The van der Waals surface area contributed by atoms with E-state index in [9.17, 15) is 14.4 Å². The third-order valence-corrected chi connectivity index (χ3v) is 4.43. The molecule has 7 heteroatoms. The largest absolute Gasteiger partial charge is 0.494 e. The van der Waals surface area contributed by atoms with Crippen LogP contribution in [0, 0.1) is 13.8 Å². The van der Waals surface area contributed by atoms with Gasteiger partial charge < -0.3 is 20.1 Å². The topological polar surface area (TPSA) is 93.7 Å². The van der Waals surface area contributed by atoms with Gasteiger partial charge in [-0.15, -0.1) is 0 Å². The van der Waals surface area contributed by atoms with Crippen LogP contribution >= 0.6 is 0 Å². The van der Waals surface area contributed by atoms with Gasteiger partial charge in [0.15, 0.2) is 6.61 Å². The number of unbranched alkanes of at least 4 members (excludes halogenated alkanes) is 1. The van der Waals surface area contributed by atoms with E-state index in [2.05, 4.69) is 17.6 Å². The fourth-order valence-electron chi connectivity index (χ4n) is 2.50. The van der Waals surface area contributed by atoms with Gasteiger partial charge in [0.05, 0.1) is 6.61 Å². The predicted octanol–water partition coefficient (Wildman–Crippen LogP) is 3.39. The lowest BCUT2D eigenvalue weighted by atomic mass is 10.1. The van der Waals surface area contributed by atoms with E-state index in [-0.39, 0.29) is 6.54 Å². The second kappa shape index (κ2) is 11.6. The number of amides is 2. The molecule has 0 atom stereocenters. The van der Waals surface area contributed by atoms with Gasteiger partial charge in [-0.1, -0.05) is 19.4 Å². The molecule has 0 aromatic heterocycles. The van der Waals surface area contributed by atoms with Gasteiger partial charge in [-0.2, -0.15) is 0 Å². The fraction of sp³-hybridized carbons (Fsp3) is 0.348. The summed E-state index contributed by atoms with van der Waals surface area (Å²) in [5.74, 6) is -0.865. The maximum atomic E-state index is 12.1. The van der Waals surface area contributed by atoms with Gasteiger partial charge in [-0.3, -0.25) is 14.4 Å². The molecule has 2 aromatic rings. The minimum Gasteiger partial charge on any atom is -0.494 e. The molecule has 0 spiro atoms. The van der Waals surface area contributed by atoms with Gasteiger partial charge in [0.25, 0.3) is 11.8 Å². The Morgan fingerprint density at radius 2 is 1.70 bits per heavy atom. The van der Waals surface area contributed by atoms with E-state index in [0.29, 0.717) is 23.6 Å². The molecule has 2 N–H and O–H groups in total. The normalized spacial score (nSPS) is 10.2. The Hall–Kier alpha value is -3.35. The van der Waals surface area contributed by atoms with Crippen molar-refractivity contribution >= 4 is 23.5 Å². The molecule has 2 rings (SSSR count). The molecule has 160 valence electrons. The molecule has 2 aromatic carbocycles. The SMILES string of the molecule is CCCCOc1ccc(C(=O)NCC(=O)OCC(=O)Nc2ccc(C)c(C)c2)cc1. The highest BCUT2D eigenvalue weighted by atomic mass is 16.5. The number of benzene rings is 2. The standard InChI is InChI=1S/C23H28N2O5/c1-4-5-12-29-20-10-7-18(8-11-20)23(28)24-14-22(27)30-15-21(26)25-19-9-6-16(2)17(3)13-19/h6-11,13H,4-5,12,14-15H2,1-3H3,(H,24,28)(H,25,26). The van der Waals surface area contributed by atoms with Crippen molar-refractivity contribution in [1.82, 2.24) is 5.32 Å². The average molecular weight is 412 g/mol. The molecule has 30 heavy (non-hydrogen) atoms. The lowest BCUT2D eigenvalue weighted by Crippen LogP contribution is -2.32. The Balaban J connectivity index is 1.71. The zero-order valence-corrected chi connectivity index (χ0v) is 17.6. The molecule has 0 aliphatic carbocycles. The third-order valence-electron chi connectivity index (χ3n) is 4.43. The molecular formula is C23H28N2O5. The van der Waals surface area contributed by atoms with Gasteiger partial charge in [-0.25, -0.2) is 0 Å². The number of esters is 1. The maximum Gasteiger partial charge on any atom is 0.325 e. The van der Waals surface area contributed by atoms with Crippen molar-refractivity contribution in [2.75, 3.05) is 25.1 Å². The number of nitrogens with one attached hydrogen (secondary N) is 2. The van der Waals surface area contributed by atoms with Crippen LogP contribution < -0.4 is 15.4 Å². The van der Waals surface area contributed by atoms with Crippen LogP contribution in [0.3, 0.4) is 0 Å². The molecule has 0 fully saturated rings. The molecule has 0 unspecified atom stereocenters. The van der Waals surface area contributed by atoms with Crippen LogP contribution in [0.25, 0.3) is 0 Å². The Morgan fingerprint density at radius 1 is 0.967 bits per heavy atom. The predicted molar refractivity (Wildman–Crippen MR) is 115 cm³/mol. The Kier molecular flexibility index (Phi) is 8.87. The Bertz CT molecular complexity index is 878. The van der Waals surface area contributed by atoms with Crippen LogP contribution in [0.1, 0.15) is 41.3 Å². The minimum absolute atomic E-state index is 0.329. The van der Waals surface area contributed by atoms with Crippen LogP contribution in [0.15, 0.2) is 42.5 Å². The van der Waals surface area contributed by atoms with Crippen molar-refractivity contribution in [3.8, 4) is 5.75 Å². The molecule has 0 heterocycles. The van der Waals surface area contributed by atoms with E-state index < -0.39 is 24.4 Å². The first-order chi connectivity index (χ1) is 14.4. The molecule has 7 nitrogen and oxygen atoms in total. The molecule has 2 amide bonds. The van der Waals surface area contributed by atoms with Gasteiger partial charge in [-0.05, 0) is 67.8 Å². The molecule has 0 aliphatic heterocycles. The minimum atomic E-state index is -0.696. The highest BCUT2D eigenvalue weighted by molar-refractivity contribution is 5.96. The summed E-state index contributed by atoms with van der Waals surface area (Å²) in [6.07, 6.45) is 2.01. The lowest BCUT2D eigenvalue weighted by molar-refractivity contribution is -0.146. The average Bonchev–Trinajstić information content (AvgIpc) is 2.74. The number of carbonyl (C=O) groups excluding carboxylic acids is 3. The number of rotatable bonds is 10. The summed E-state index contributed by atoms with van der Waals surface area (Å²) in [7, 11) is 0. The number of hydrogen-bond donors (Lipinski definition) is 2. The summed E-state index contributed by atoms with van der Waals surface area (Å²) >= 11 is 0.